The van der Waals surface area contributed by atoms with Crippen LogP contribution in [-0.4, -0.2) is 17.9 Å². The summed E-state index contributed by atoms with van der Waals surface area (Å²) >= 11 is 5.71. The molecule has 0 saturated carbocycles. The third-order valence-electron chi connectivity index (χ3n) is 1.60. The maximum absolute atomic E-state index is 8.79. The van der Waals surface area contributed by atoms with E-state index >= 15 is 0 Å². The van der Waals surface area contributed by atoms with Crippen molar-refractivity contribution in [2.24, 2.45) is 10.7 Å². The van der Waals surface area contributed by atoms with E-state index in [0.717, 1.165) is 5.69 Å². The normalized spacial score (nSPS) is 12.3. The van der Waals surface area contributed by atoms with Gasteiger partial charge in [0.1, 0.15) is 0 Å². The molecule has 0 atom stereocenters. The SMILES string of the molecule is NC=C(C=Nc1ccc(Cl)cc1)CO. The monoisotopic (exact) mass is 210 g/mol. The van der Waals surface area contributed by atoms with Crippen LogP contribution in [0.15, 0.2) is 41.0 Å². The van der Waals surface area contributed by atoms with Gasteiger partial charge in [-0.15, -0.1) is 0 Å². The molecule has 0 aromatic heterocycles. The first-order valence-electron chi connectivity index (χ1n) is 4.07. The lowest BCUT2D eigenvalue weighted by Crippen LogP contribution is -1.95. The largest absolute Gasteiger partial charge is 0.404 e. The minimum Gasteiger partial charge on any atom is -0.404 e. The van der Waals surface area contributed by atoms with Crippen LogP contribution >= 0.6 is 11.6 Å². The summed E-state index contributed by atoms with van der Waals surface area (Å²) in [5, 5.41) is 9.45. The van der Waals surface area contributed by atoms with E-state index in [9.17, 15) is 0 Å². The lowest BCUT2D eigenvalue weighted by molar-refractivity contribution is 0.337. The Morgan fingerprint density at radius 3 is 2.57 bits per heavy atom. The molecule has 0 aliphatic carbocycles. The second-order valence-electron chi connectivity index (χ2n) is 2.63. The van der Waals surface area contributed by atoms with Gasteiger partial charge < -0.3 is 10.8 Å². The van der Waals surface area contributed by atoms with Gasteiger partial charge in [-0.2, -0.15) is 0 Å². The van der Waals surface area contributed by atoms with E-state index in [-0.39, 0.29) is 6.61 Å². The third-order valence-corrected chi connectivity index (χ3v) is 1.85. The summed E-state index contributed by atoms with van der Waals surface area (Å²) in [4.78, 5) is 4.10. The Kier molecular flexibility index (Phi) is 4.16. The molecule has 4 heteroatoms. The van der Waals surface area contributed by atoms with E-state index in [4.69, 9.17) is 22.4 Å². The highest BCUT2D eigenvalue weighted by molar-refractivity contribution is 6.30. The van der Waals surface area contributed by atoms with Crippen molar-refractivity contribution < 1.29 is 5.11 Å². The third kappa shape index (κ3) is 3.20. The number of hydrogen-bond acceptors (Lipinski definition) is 3. The van der Waals surface area contributed by atoms with Gasteiger partial charge in [-0.25, -0.2) is 0 Å². The summed E-state index contributed by atoms with van der Waals surface area (Å²) < 4.78 is 0. The smallest absolute Gasteiger partial charge is 0.0711 e. The Morgan fingerprint density at radius 1 is 1.43 bits per heavy atom. The number of nitrogens with zero attached hydrogens (tertiary/aromatic N) is 1. The van der Waals surface area contributed by atoms with Gasteiger partial charge in [-0.1, -0.05) is 11.6 Å². The van der Waals surface area contributed by atoms with Gasteiger partial charge in [0.05, 0.1) is 12.3 Å². The van der Waals surface area contributed by atoms with Crippen LogP contribution < -0.4 is 5.73 Å². The van der Waals surface area contributed by atoms with Crippen molar-refractivity contribution in [3.8, 4) is 0 Å². The van der Waals surface area contributed by atoms with Crippen molar-refractivity contribution in [1.82, 2.24) is 0 Å². The molecule has 0 aliphatic rings. The number of nitrogens with two attached hydrogens (primary N) is 1. The zero-order valence-electron chi connectivity index (χ0n) is 7.52. The Hall–Kier alpha value is -1.32. The predicted molar refractivity (Wildman–Crippen MR) is 59.0 cm³/mol. The number of rotatable bonds is 3. The van der Waals surface area contributed by atoms with Crippen molar-refractivity contribution in [3.05, 3.63) is 41.1 Å². The molecule has 14 heavy (non-hydrogen) atoms. The van der Waals surface area contributed by atoms with Gasteiger partial charge in [0.15, 0.2) is 0 Å². The molecule has 3 N–H and O–H groups in total. The number of benzene rings is 1. The topological polar surface area (TPSA) is 58.6 Å². The average molecular weight is 211 g/mol. The molecule has 0 saturated heterocycles. The number of aliphatic hydroxyl groups is 1. The fraction of sp³-hybridized carbons (Fsp3) is 0.100. The van der Waals surface area contributed by atoms with E-state index in [1.54, 1.807) is 24.3 Å². The van der Waals surface area contributed by atoms with Gasteiger partial charge in [0, 0.05) is 23.0 Å². The van der Waals surface area contributed by atoms with E-state index in [1.807, 2.05) is 0 Å². The van der Waals surface area contributed by atoms with E-state index in [0.29, 0.717) is 10.6 Å². The molecule has 74 valence electrons. The van der Waals surface area contributed by atoms with E-state index in [1.165, 1.54) is 12.4 Å². The Balaban J connectivity index is 2.73. The van der Waals surface area contributed by atoms with Gasteiger partial charge in [-0.05, 0) is 24.3 Å². The van der Waals surface area contributed by atoms with Crippen LogP contribution in [-0.2, 0) is 0 Å². The predicted octanol–water partition coefficient (Wildman–Crippen LogP) is 1.88. The lowest BCUT2D eigenvalue weighted by Gasteiger charge is -1.95. The molecule has 0 bridgehead atoms. The van der Waals surface area contributed by atoms with Crippen LogP contribution in [0.5, 0.6) is 0 Å². The Labute approximate surface area is 87.5 Å². The summed E-state index contributed by atoms with van der Waals surface area (Å²) in [5.41, 5.74) is 6.57. The second kappa shape index (κ2) is 5.42. The molecule has 0 spiro atoms. The van der Waals surface area contributed by atoms with Gasteiger partial charge >= 0.3 is 0 Å². The number of aliphatic imine (C=N–C) groups is 1. The summed E-state index contributed by atoms with van der Waals surface area (Å²) in [7, 11) is 0. The van der Waals surface area contributed by atoms with Crippen molar-refractivity contribution in [1.29, 1.82) is 0 Å². The first kappa shape index (κ1) is 10.8. The highest BCUT2D eigenvalue weighted by Gasteiger charge is 1.90. The number of aliphatic hydroxyl groups excluding tert-OH is 1. The molecule has 1 aromatic rings. The maximum atomic E-state index is 8.79. The molecule has 0 fully saturated rings. The van der Waals surface area contributed by atoms with Crippen LogP contribution in [0, 0.1) is 0 Å². The van der Waals surface area contributed by atoms with Crippen LogP contribution in [0.3, 0.4) is 0 Å². The summed E-state index contributed by atoms with van der Waals surface area (Å²) in [6.45, 7) is -0.117. The standard InChI is InChI=1S/C10H11ClN2O/c11-9-1-3-10(4-2-9)13-6-8(5-12)7-14/h1-6,14H,7,12H2. The molecule has 0 unspecified atom stereocenters. The molecule has 1 rings (SSSR count). The van der Waals surface area contributed by atoms with Crippen LogP contribution in [0.4, 0.5) is 5.69 Å². The number of hydrogen-bond donors (Lipinski definition) is 2. The quantitative estimate of drug-likeness (QED) is 0.749. The molecule has 0 aliphatic heterocycles. The fourth-order valence-corrected chi connectivity index (χ4v) is 0.947. The number of halogens is 1. The van der Waals surface area contributed by atoms with Gasteiger partial charge in [-0.3, -0.25) is 4.99 Å². The molecular formula is C10H11ClN2O. The highest BCUT2D eigenvalue weighted by Crippen LogP contribution is 2.15. The Morgan fingerprint density at radius 2 is 2.07 bits per heavy atom. The summed E-state index contributed by atoms with van der Waals surface area (Å²) in [6.07, 6.45) is 2.84. The molecular weight excluding hydrogens is 200 g/mol. The highest BCUT2D eigenvalue weighted by atomic mass is 35.5. The van der Waals surface area contributed by atoms with Crippen molar-refractivity contribution >= 4 is 23.5 Å². The summed E-state index contributed by atoms with van der Waals surface area (Å²) in [5.74, 6) is 0. The van der Waals surface area contributed by atoms with Crippen LogP contribution in [0.2, 0.25) is 5.02 Å². The lowest BCUT2D eigenvalue weighted by atomic mass is 10.3. The van der Waals surface area contributed by atoms with Crippen molar-refractivity contribution in [3.63, 3.8) is 0 Å². The second-order valence-corrected chi connectivity index (χ2v) is 3.07. The first-order valence-corrected chi connectivity index (χ1v) is 4.45. The fourth-order valence-electron chi connectivity index (χ4n) is 0.821. The molecule has 0 radical (unpaired) electrons. The zero-order chi connectivity index (χ0) is 10.4. The van der Waals surface area contributed by atoms with E-state index < -0.39 is 0 Å². The average Bonchev–Trinajstić information content (AvgIpc) is 2.22. The van der Waals surface area contributed by atoms with Crippen LogP contribution in [0.1, 0.15) is 0 Å². The molecule has 1 aromatic carbocycles. The van der Waals surface area contributed by atoms with Crippen molar-refractivity contribution in [2.75, 3.05) is 6.61 Å². The first-order chi connectivity index (χ1) is 6.76. The summed E-state index contributed by atoms with van der Waals surface area (Å²) in [6, 6.07) is 7.06. The van der Waals surface area contributed by atoms with E-state index in [2.05, 4.69) is 4.99 Å². The maximum Gasteiger partial charge on any atom is 0.0711 e. The van der Waals surface area contributed by atoms with Crippen molar-refractivity contribution in [2.45, 2.75) is 0 Å². The Bertz CT molecular complexity index is 344. The minimum atomic E-state index is -0.117. The molecule has 0 amide bonds. The van der Waals surface area contributed by atoms with Gasteiger partial charge in [0.25, 0.3) is 0 Å². The zero-order valence-corrected chi connectivity index (χ0v) is 8.28. The van der Waals surface area contributed by atoms with Crippen LogP contribution in [0.25, 0.3) is 0 Å². The van der Waals surface area contributed by atoms with Gasteiger partial charge in [0.2, 0.25) is 0 Å². The molecule has 3 nitrogen and oxygen atoms in total. The minimum absolute atomic E-state index is 0.117. The molecule has 0 heterocycles.